The third kappa shape index (κ3) is 5.46. The molecule has 2 aliphatic carbocycles. The molecule has 1 heteroatoms. The van der Waals surface area contributed by atoms with Crippen molar-refractivity contribution in [3.63, 3.8) is 0 Å². The molecule has 42 heavy (non-hydrogen) atoms. The van der Waals surface area contributed by atoms with Gasteiger partial charge < -0.3 is 0 Å². The summed E-state index contributed by atoms with van der Waals surface area (Å²) in [4.78, 5) is 0. The second-order valence-corrected chi connectivity index (χ2v) is 20.2. The van der Waals surface area contributed by atoms with Crippen molar-refractivity contribution in [3.05, 3.63) is 145 Å². The predicted octanol–water partition coefficient (Wildman–Crippen LogP) is 9.85. The van der Waals surface area contributed by atoms with Crippen molar-refractivity contribution in [2.45, 2.75) is 72.6 Å². The van der Waals surface area contributed by atoms with E-state index in [4.69, 9.17) is 0 Å². The van der Waals surface area contributed by atoms with Crippen molar-refractivity contribution in [2.24, 2.45) is 5.92 Å². The van der Waals surface area contributed by atoms with Gasteiger partial charge in [-0.1, -0.05) is 0 Å². The molecule has 0 fully saturated rings. The van der Waals surface area contributed by atoms with Crippen LogP contribution in [0.25, 0.3) is 11.1 Å². The van der Waals surface area contributed by atoms with Crippen LogP contribution in [0.3, 0.4) is 0 Å². The van der Waals surface area contributed by atoms with Crippen molar-refractivity contribution < 1.29 is 21.3 Å². The molecule has 6 rings (SSSR count). The molecule has 0 bridgehead atoms. The van der Waals surface area contributed by atoms with E-state index in [0.717, 1.165) is 6.42 Å². The Morgan fingerprint density at radius 3 is 1.79 bits per heavy atom. The molecule has 0 radical (unpaired) electrons. The summed E-state index contributed by atoms with van der Waals surface area (Å²) in [6.07, 6.45) is 6.08. The van der Waals surface area contributed by atoms with Gasteiger partial charge >= 0.3 is 263 Å². The van der Waals surface area contributed by atoms with Gasteiger partial charge in [0.1, 0.15) is 0 Å². The molecule has 2 aliphatic rings. The average molecular weight is 628 g/mol. The van der Waals surface area contributed by atoms with E-state index in [1.54, 1.807) is 15.3 Å². The Morgan fingerprint density at radius 2 is 1.26 bits per heavy atom. The van der Waals surface area contributed by atoms with E-state index in [9.17, 15) is 0 Å². The molecule has 4 aromatic rings. The van der Waals surface area contributed by atoms with Gasteiger partial charge in [0.05, 0.1) is 0 Å². The van der Waals surface area contributed by atoms with Crippen LogP contribution in [0.5, 0.6) is 0 Å². The summed E-state index contributed by atoms with van der Waals surface area (Å²) >= 11 is -2.76. The van der Waals surface area contributed by atoms with Crippen LogP contribution in [0.1, 0.15) is 88.8 Å². The molecule has 0 saturated carbocycles. The van der Waals surface area contributed by atoms with Gasteiger partial charge in [0.15, 0.2) is 0 Å². The van der Waals surface area contributed by atoms with Gasteiger partial charge in [-0.15, -0.1) is 0 Å². The molecule has 0 nitrogen and oxygen atoms in total. The quantitative estimate of drug-likeness (QED) is 0.186. The fourth-order valence-electron chi connectivity index (χ4n) is 6.71. The van der Waals surface area contributed by atoms with Crippen LogP contribution in [0.15, 0.2) is 112 Å². The number of benzene rings is 4. The van der Waals surface area contributed by atoms with E-state index in [0.29, 0.717) is 5.92 Å². The van der Waals surface area contributed by atoms with E-state index in [-0.39, 0.29) is 10.8 Å². The van der Waals surface area contributed by atoms with Crippen molar-refractivity contribution in [1.29, 1.82) is 0 Å². The second kappa shape index (κ2) is 11.0. The van der Waals surface area contributed by atoms with E-state index < -0.39 is 21.3 Å². The average Bonchev–Trinajstić information content (AvgIpc) is 3.49. The number of fused-ring (bicyclic) bond motifs is 3. The monoisotopic (exact) mass is 626 g/mol. The third-order valence-corrected chi connectivity index (χ3v) is 17.0. The summed E-state index contributed by atoms with van der Waals surface area (Å²) in [5, 5.41) is 0. The molecule has 0 heterocycles. The Hall–Kier alpha value is -2.89. The summed E-state index contributed by atoms with van der Waals surface area (Å²) in [5.74, 6) is 0.465. The van der Waals surface area contributed by atoms with Gasteiger partial charge in [0.2, 0.25) is 0 Å². The van der Waals surface area contributed by atoms with Gasteiger partial charge in [-0.25, -0.2) is 0 Å². The molecule has 0 saturated heterocycles. The summed E-state index contributed by atoms with van der Waals surface area (Å²) < 4.78 is 4.95. The van der Waals surface area contributed by atoms with E-state index in [1.807, 2.05) is 0 Å². The molecule has 0 amide bonds. The zero-order valence-electron chi connectivity index (χ0n) is 26.6. The van der Waals surface area contributed by atoms with E-state index in [2.05, 4.69) is 159 Å². The van der Waals surface area contributed by atoms with Crippen LogP contribution in [0.2, 0.25) is 0 Å². The van der Waals surface area contributed by atoms with Gasteiger partial charge in [-0.05, 0) is 0 Å². The van der Waals surface area contributed by atoms with Gasteiger partial charge in [-0.2, -0.15) is 0 Å². The first-order valence-corrected chi connectivity index (χ1v) is 19.2. The number of hydrogen-bond acceptors (Lipinski definition) is 0. The van der Waals surface area contributed by atoms with Gasteiger partial charge in [-0.3, -0.25) is 0 Å². The SMILES string of the molecule is CC1=CC(C)[C]([Zr](=[C](c2ccccc2)c2ccccc2)[c]2cc(C(C)(C)C)cc3c2Cc2ccc(C(C)(C)C)cc2-3)=C1. The van der Waals surface area contributed by atoms with Crippen molar-refractivity contribution >= 4 is 6.48 Å². The maximum atomic E-state index is 2.65. The predicted molar refractivity (Wildman–Crippen MR) is 179 cm³/mol. The summed E-state index contributed by atoms with van der Waals surface area (Å²) in [6.45, 7) is 18.8. The minimum atomic E-state index is -2.76. The molecular formula is C41H44Zr. The zero-order valence-corrected chi connectivity index (χ0v) is 29.1. The van der Waals surface area contributed by atoms with Gasteiger partial charge in [0, 0.05) is 0 Å². The van der Waals surface area contributed by atoms with E-state index in [1.165, 1.54) is 44.5 Å². The molecule has 0 spiro atoms. The molecule has 0 aromatic heterocycles. The molecule has 0 N–H and O–H groups in total. The van der Waals surface area contributed by atoms with Crippen LogP contribution in [0, 0.1) is 5.92 Å². The molecule has 1 unspecified atom stereocenters. The Balaban J connectivity index is 1.74. The molecule has 1 atom stereocenters. The normalized spacial score (nSPS) is 16.0. The summed E-state index contributed by atoms with van der Waals surface area (Å²) in [6, 6.07) is 35.0. The third-order valence-electron chi connectivity index (χ3n) is 9.07. The first kappa shape index (κ1) is 29.2. The minimum absolute atomic E-state index is 0.0614. The standard InChI is InChI=1S/C21H25.C13H10.C7H9.Zr/c1-20(2,3)16-9-7-14-11-15-8-10-17(21(4,5)6)13-19(15)18(14)12-16;1-3-7-12(8-4-1)11-13-9-5-2-6-10-13;1-6-3-4-7(2)5-6;/h7,9-10,12-13H,11H2,1-6H3;1-10H;3,5,7H,1-2H3;. The first-order chi connectivity index (χ1) is 19.9. The van der Waals surface area contributed by atoms with Crippen LogP contribution >= 0.6 is 0 Å². The van der Waals surface area contributed by atoms with Crippen LogP contribution in [-0.4, -0.2) is 3.21 Å². The van der Waals surface area contributed by atoms with Crippen molar-refractivity contribution in [2.75, 3.05) is 0 Å². The zero-order chi connectivity index (χ0) is 29.8. The number of rotatable bonds is 4. The number of hydrogen-bond donors (Lipinski definition) is 0. The molecule has 212 valence electrons. The van der Waals surface area contributed by atoms with Crippen LogP contribution < -0.4 is 3.27 Å². The van der Waals surface area contributed by atoms with E-state index >= 15 is 0 Å². The fraction of sp³-hybridized carbons (Fsp3) is 0.293. The molecular weight excluding hydrogens is 584 g/mol. The summed E-state index contributed by atoms with van der Waals surface area (Å²) in [7, 11) is 0. The number of allylic oxidation sites excluding steroid dienone is 4. The summed E-state index contributed by atoms with van der Waals surface area (Å²) in [5.41, 5.74) is 13.2. The second-order valence-electron chi connectivity index (χ2n) is 14.4. The van der Waals surface area contributed by atoms with Gasteiger partial charge in [0.25, 0.3) is 0 Å². The Labute approximate surface area is 261 Å². The molecule has 0 aliphatic heterocycles. The van der Waals surface area contributed by atoms with Crippen molar-refractivity contribution in [1.82, 2.24) is 0 Å². The topological polar surface area (TPSA) is 0 Å². The molecule has 4 aromatic carbocycles. The first-order valence-electron chi connectivity index (χ1n) is 15.5. The van der Waals surface area contributed by atoms with Crippen LogP contribution in [-0.2, 0) is 38.5 Å². The fourth-order valence-corrected chi connectivity index (χ4v) is 15.3. The van der Waals surface area contributed by atoms with Crippen molar-refractivity contribution in [3.8, 4) is 11.1 Å². The Morgan fingerprint density at radius 1 is 0.690 bits per heavy atom. The Bertz CT molecular complexity index is 1710. The Kier molecular flexibility index (Phi) is 7.64. The van der Waals surface area contributed by atoms with Crippen LogP contribution in [0.4, 0.5) is 0 Å². The maximum absolute atomic E-state index is 2.76.